The first-order chi connectivity index (χ1) is 5.38. The Morgan fingerprint density at radius 1 is 1.64 bits per heavy atom. The Kier molecular flexibility index (Phi) is 4.26. The molecule has 0 spiro atoms. The molecule has 0 aromatic heterocycles. The first-order valence-corrected chi connectivity index (χ1v) is 5.30. The molecule has 0 aliphatic carbocycles. The van der Waals surface area contributed by atoms with Gasteiger partial charge in [0.05, 0.1) is 6.61 Å². The van der Waals surface area contributed by atoms with Crippen molar-refractivity contribution in [1.29, 1.82) is 0 Å². The Balaban J connectivity index is 2.31. The van der Waals surface area contributed by atoms with Crippen LogP contribution in [0.3, 0.4) is 0 Å². The number of ether oxygens (including phenoxy) is 1. The topological polar surface area (TPSA) is 21.3 Å². The van der Waals surface area contributed by atoms with E-state index in [9.17, 15) is 0 Å². The molecular weight excluding hydrogens is 158 g/mol. The van der Waals surface area contributed by atoms with Crippen LogP contribution in [-0.4, -0.2) is 37.3 Å². The summed E-state index contributed by atoms with van der Waals surface area (Å²) in [6.45, 7) is 4.04. The minimum Gasteiger partial charge on any atom is -0.380 e. The van der Waals surface area contributed by atoms with E-state index in [1.165, 1.54) is 5.75 Å². The van der Waals surface area contributed by atoms with Crippen LogP contribution in [0.1, 0.15) is 13.3 Å². The molecule has 1 saturated heterocycles. The van der Waals surface area contributed by atoms with Crippen molar-refractivity contribution in [2.45, 2.75) is 24.6 Å². The maximum absolute atomic E-state index is 5.41. The minimum absolute atomic E-state index is 0.661. The number of rotatable bonds is 3. The van der Waals surface area contributed by atoms with Crippen molar-refractivity contribution in [3.05, 3.63) is 0 Å². The van der Waals surface area contributed by atoms with Crippen molar-refractivity contribution < 1.29 is 4.74 Å². The van der Waals surface area contributed by atoms with E-state index < -0.39 is 0 Å². The standard InChI is InChI=1S/C8H17NOS/c1-3-11-8-6-10-5-4-7(8)9-2/h7-9H,3-6H2,1-2H3. The molecular formula is C8H17NOS. The summed E-state index contributed by atoms with van der Waals surface area (Å²) in [5.41, 5.74) is 0. The van der Waals surface area contributed by atoms with Gasteiger partial charge in [0.25, 0.3) is 0 Å². The van der Waals surface area contributed by atoms with Gasteiger partial charge in [0.15, 0.2) is 0 Å². The summed E-state index contributed by atoms with van der Waals surface area (Å²) >= 11 is 2.00. The van der Waals surface area contributed by atoms with Gasteiger partial charge in [0, 0.05) is 17.9 Å². The van der Waals surface area contributed by atoms with E-state index >= 15 is 0 Å². The largest absolute Gasteiger partial charge is 0.380 e. The number of hydrogen-bond donors (Lipinski definition) is 1. The number of thioether (sulfide) groups is 1. The molecule has 2 nitrogen and oxygen atoms in total. The highest BCUT2D eigenvalue weighted by Gasteiger charge is 2.23. The van der Waals surface area contributed by atoms with Crippen LogP contribution in [0.25, 0.3) is 0 Å². The highest BCUT2D eigenvalue weighted by molar-refractivity contribution is 7.99. The third kappa shape index (κ3) is 2.65. The molecule has 0 saturated carbocycles. The molecule has 0 aromatic carbocycles. The lowest BCUT2D eigenvalue weighted by Crippen LogP contribution is -2.43. The fourth-order valence-electron chi connectivity index (χ4n) is 1.42. The summed E-state index contributed by atoms with van der Waals surface area (Å²) in [7, 11) is 2.04. The second-order valence-electron chi connectivity index (χ2n) is 2.75. The smallest absolute Gasteiger partial charge is 0.0600 e. The number of nitrogens with one attached hydrogen (secondary N) is 1. The van der Waals surface area contributed by atoms with Gasteiger partial charge >= 0.3 is 0 Å². The third-order valence-electron chi connectivity index (χ3n) is 2.06. The molecule has 2 unspecified atom stereocenters. The van der Waals surface area contributed by atoms with Crippen LogP contribution in [0.2, 0.25) is 0 Å². The molecule has 66 valence electrons. The van der Waals surface area contributed by atoms with Crippen LogP contribution in [0, 0.1) is 0 Å². The predicted octanol–water partition coefficient (Wildman–Crippen LogP) is 1.12. The zero-order valence-corrected chi connectivity index (χ0v) is 8.12. The molecule has 0 aromatic rings. The average Bonchev–Trinajstić information content (AvgIpc) is 2.06. The van der Waals surface area contributed by atoms with Gasteiger partial charge in [0.2, 0.25) is 0 Å². The fraction of sp³-hybridized carbons (Fsp3) is 1.00. The molecule has 11 heavy (non-hydrogen) atoms. The maximum Gasteiger partial charge on any atom is 0.0600 e. The first kappa shape index (κ1) is 9.36. The molecule has 1 N–H and O–H groups in total. The van der Waals surface area contributed by atoms with Crippen molar-refractivity contribution in [2.75, 3.05) is 26.0 Å². The van der Waals surface area contributed by atoms with E-state index in [-0.39, 0.29) is 0 Å². The van der Waals surface area contributed by atoms with Gasteiger partial charge in [-0.15, -0.1) is 0 Å². The van der Waals surface area contributed by atoms with Gasteiger partial charge in [-0.2, -0.15) is 11.8 Å². The van der Waals surface area contributed by atoms with Crippen LogP contribution >= 0.6 is 11.8 Å². The molecule has 0 radical (unpaired) electrons. The second-order valence-corrected chi connectivity index (χ2v) is 4.27. The normalized spacial score (nSPS) is 32.2. The Morgan fingerprint density at radius 2 is 2.45 bits per heavy atom. The Labute approximate surface area is 73.1 Å². The summed E-state index contributed by atoms with van der Waals surface area (Å²) in [5.74, 6) is 1.19. The molecule has 1 rings (SSSR count). The maximum atomic E-state index is 5.41. The van der Waals surface area contributed by atoms with Crippen LogP contribution in [-0.2, 0) is 4.74 Å². The molecule has 3 heteroatoms. The van der Waals surface area contributed by atoms with E-state index in [2.05, 4.69) is 12.2 Å². The Bertz CT molecular complexity index is 108. The van der Waals surface area contributed by atoms with Crippen LogP contribution < -0.4 is 5.32 Å². The molecule has 0 bridgehead atoms. The Morgan fingerprint density at radius 3 is 3.09 bits per heavy atom. The summed E-state index contributed by atoms with van der Waals surface area (Å²) in [6.07, 6.45) is 1.16. The fourth-order valence-corrected chi connectivity index (χ4v) is 2.55. The summed E-state index contributed by atoms with van der Waals surface area (Å²) in [6, 6.07) is 0.661. The summed E-state index contributed by atoms with van der Waals surface area (Å²) in [5, 5.41) is 4.00. The quantitative estimate of drug-likeness (QED) is 0.694. The van der Waals surface area contributed by atoms with E-state index in [1.807, 2.05) is 18.8 Å². The summed E-state index contributed by atoms with van der Waals surface area (Å²) in [4.78, 5) is 0. The average molecular weight is 175 g/mol. The third-order valence-corrected chi connectivity index (χ3v) is 3.28. The Hall–Kier alpha value is 0.270. The van der Waals surface area contributed by atoms with Crippen molar-refractivity contribution in [1.82, 2.24) is 5.32 Å². The van der Waals surface area contributed by atoms with E-state index in [0.29, 0.717) is 11.3 Å². The SMILES string of the molecule is CCSC1COCCC1NC. The lowest BCUT2D eigenvalue weighted by molar-refractivity contribution is 0.0851. The zero-order valence-electron chi connectivity index (χ0n) is 7.30. The van der Waals surface area contributed by atoms with Crippen LogP contribution in [0.5, 0.6) is 0 Å². The predicted molar refractivity (Wildman–Crippen MR) is 50.2 cm³/mol. The molecule has 0 amide bonds. The lowest BCUT2D eigenvalue weighted by Gasteiger charge is -2.30. The van der Waals surface area contributed by atoms with E-state index in [0.717, 1.165) is 19.6 Å². The second kappa shape index (κ2) is 5.01. The van der Waals surface area contributed by atoms with Gasteiger partial charge < -0.3 is 10.1 Å². The minimum atomic E-state index is 0.661. The molecule has 1 aliphatic rings. The zero-order chi connectivity index (χ0) is 8.10. The van der Waals surface area contributed by atoms with Gasteiger partial charge in [-0.1, -0.05) is 6.92 Å². The van der Waals surface area contributed by atoms with Gasteiger partial charge in [-0.3, -0.25) is 0 Å². The highest BCUT2D eigenvalue weighted by Crippen LogP contribution is 2.20. The molecule has 2 atom stereocenters. The van der Waals surface area contributed by atoms with Crippen molar-refractivity contribution >= 4 is 11.8 Å². The van der Waals surface area contributed by atoms with Gasteiger partial charge in [-0.05, 0) is 19.2 Å². The van der Waals surface area contributed by atoms with Gasteiger partial charge in [0.1, 0.15) is 0 Å². The molecule has 1 fully saturated rings. The molecule has 1 heterocycles. The van der Waals surface area contributed by atoms with E-state index in [1.54, 1.807) is 0 Å². The van der Waals surface area contributed by atoms with Crippen LogP contribution in [0.4, 0.5) is 0 Å². The monoisotopic (exact) mass is 175 g/mol. The van der Waals surface area contributed by atoms with E-state index in [4.69, 9.17) is 4.74 Å². The van der Waals surface area contributed by atoms with Crippen molar-refractivity contribution in [3.63, 3.8) is 0 Å². The number of hydrogen-bond acceptors (Lipinski definition) is 3. The van der Waals surface area contributed by atoms with Crippen molar-refractivity contribution in [3.8, 4) is 0 Å². The summed E-state index contributed by atoms with van der Waals surface area (Å²) < 4.78 is 5.41. The lowest BCUT2D eigenvalue weighted by atomic mass is 10.1. The highest BCUT2D eigenvalue weighted by atomic mass is 32.2. The molecule has 1 aliphatic heterocycles. The van der Waals surface area contributed by atoms with Crippen LogP contribution in [0.15, 0.2) is 0 Å². The first-order valence-electron chi connectivity index (χ1n) is 4.25. The van der Waals surface area contributed by atoms with Gasteiger partial charge in [-0.25, -0.2) is 0 Å². The van der Waals surface area contributed by atoms with Crippen molar-refractivity contribution in [2.24, 2.45) is 0 Å².